The number of quaternary nitrogens is 1. The van der Waals surface area contributed by atoms with E-state index >= 15 is 0 Å². The van der Waals surface area contributed by atoms with E-state index in [1.165, 1.54) is 225 Å². The molecule has 65 heavy (non-hydrogen) atoms. The zero-order valence-corrected chi connectivity index (χ0v) is 44.9. The Balaban J connectivity index is 3.89. The molecule has 0 aromatic carbocycles. The van der Waals surface area contributed by atoms with Crippen molar-refractivity contribution in [2.24, 2.45) is 0 Å². The summed E-state index contributed by atoms with van der Waals surface area (Å²) in [7, 11) is 1.50. The molecular weight excluding hydrogens is 834 g/mol. The zero-order valence-electron chi connectivity index (χ0n) is 44.0. The summed E-state index contributed by atoms with van der Waals surface area (Å²) in [5.41, 5.74) is 0. The van der Waals surface area contributed by atoms with Gasteiger partial charge < -0.3 is 18.9 Å². The van der Waals surface area contributed by atoms with Gasteiger partial charge in [0.15, 0.2) is 6.10 Å². The monoisotopic (exact) mass is 945 g/mol. The fourth-order valence-corrected chi connectivity index (χ4v) is 9.23. The van der Waals surface area contributed by atoms with Gasteiger partial charge in [0.2, 0.25) is 0 Å². The van der Waals surface area contributed by atoms with Crippen molar-refractivity contribution in [3.63, 3.8) is 0 Å². The maximum atomic E-state index is 12.7. The number of nitrogens with zero attached hydrogens (tertiary/aromatic N) is 1. The number of esters is 2. The second-order valence-corrected chi connectivity index (χ2v) is 22.1. The molecule has 0 bridgehead atoms. The van der Waals surface area contributed by atoms with Crippen LogP contribution in [0.25, 0.3) is 0 Å². The summed E-state index contributed by atoms with van der Waals surface area (Å²) in [4.78, 5) is 35.4. The second kappa shape index (κ2) is 48.1. The maximum Gasteiger partial charge on any atom is 0.472 e. The normalized spacial score (nSPS) is 13.3. The number of carbonyl (C=O) groups is 2. The second-order valence-electron chi connectivity index (χ2n) is 20.7. The first-order valence-corrected chi connectivity index (χ1v) is 29.8. The lowest BCUT2D eigenvalue weighted by Gasteiger charge is -2.24. The summed E-state index contributed by atoms with van der Waals surface area (Å²) in [5, 5.41) is 0. The molecule has 1 N–H and O–H groups in total. The number of rotatable bonds is 53. The molecule has 0 saturated carbocycles. The Morgan fingerprint density at radius 2 is 0.692 bits per heavy atom. The molecule has 0 rings (SSSR count). The van der Waals surface area contributed by atoms with Crippen molar-refractivity contribution < 1.29 is 42.1 Å². The molecule has 2 atom stereocenters. The standard InChI is InChI=1S/C55H110NO8P/c1-6-8-10-12-14-16-17-18-19-20-21-22-23-24-25-26-27-28-29-30-31-32-33-34-35-36-37-38-40-42-44-46-48-55(58)64-53(52-63-65(59,60)62-50-49-56(3,4)5)51-61-54(57)47-45-43-41-39-15-13-11-9-7-2/h53H,6-52H2,1-5H3/p+1. The van der Waals surface area contributed by atoms with E-state index in [1.54, 1.807) is 0 Å². The van der Waals surface area contributed by atoms with E-state index in [9.17, 15) is 19.0 Å². The molecule has 0 aromatic heterocycles. The summed E-state index contributed by atoms with van der Waals surface area (Å²) in [6.07, 6.45) is 53.5. The Kier molecular flexibility index (Phi) is 47.3. The van der Waals surface area contributed by atoms with Crippen LogP contribution in [0, 0.1) is 0 Å². The first-order valence-electron chi connectivity index (χ1n) is 28.3. The van der Waals surface area contributed by atoms with Crippen molar-refractivity contribution in [3.8, 4) is 0 Å². The Bertz CT molecular complexity index is 1070. The SMILES string of the molecule is CCCCCCCCCCCCCCCCCCCCCCCCCCCCCCCCCCC(=O)OC(COC(=O)CCCCCCCCCCC)COP(=O)(O)OCC[N+](C)(C)C. The predicted octanol–water partition coefficient (Wildman–Crippen LogP) is 17.1. The van der Waals surface area contributed by atoms with Gasteiger partial charge in [-0.2, -0.15) is 0 Å². The van der Waals surface area contributed by atoms with Gasteiger partial charge in [-0.15, -0.1) is 0 Å². The van der Waals surface area contributed by atoms with Crippen LogP contribution in [0.1, 0.15) is 290 Å². The lowest BCUT2D eigenvalue weighted by molar-refractivity contribution is -0.870. The van der Waals surface area contributed by atoms with E-state index in [4.69, 9.17) is 18.5 Å². The third-order valence-corrected chi connectivity index (χ3v) is 13.9. The van der Waals surface area contributed by atoms with Crippen molar-refractivity contribution in [1.29, 1.82) is 0 Å². The molecule has 0 fully saturated rings. The molecule has 9 nitrogen and oxygen atoms in total. The van der Waals surface area contributed by atoms with Crippen LogP contribution in [0.4, 0.5) is 0 Å². The molecule has 0 aliphatic heterocycles. The minimum atomic E-state index is -4.37. The predicted molar refractivity (Wildman–Crippen MR) is 275 cm³/mol. The van der Waals surface area contributed by atoms with Crippen LogP contribution in [0.2, 0.25) is 0 Å². The maximum absolute atomic E-state index is 12.7. The molecule has 0 saturated heterocycles. The number of ether oxygens (including phenoxy) is 2. The highest BCUT2D eigenvalue weighted by molar-refractivity contribution is 7.47. The van der Waals surface area contributed by atoms with Gasteiger partial charge in [0.25, 0.3) is 0 Å². The summed E-state index contributed by atoms with van der Waals surface area (Å²) >= 11 is 0. The molecule has 0 radical (unpaired) electrons. The number of carbonyl (C=O) groups excluding carboxylic acids is 2. The van der Waals surface area contributed by atoms with Gasteiger partial charge in [-0.05, 0) is 12.8 Å². The molecule has 0 aliphatic rings. The van der Waals surface area contributed by atoms with E-state index in [0.717, 1.165) is 38.5 Å². The van der Waals surface area contributed by atoms with E-state index in [-0.39, 0.29) is 25.6 Å². The third kappa shape index (κ3) is 52.2. The van der Waals surface area contributed by atoms with Crippen LogP contribution in [-0.2, 0) is 32.7 Å². The largest absolute Gasteiger partial charge is 0.472 e. The van der Waals surface area contributed by atoms with Crippen LogP contribution in [0.3, 0.4) is 0 Å². The molecule has 0 aliphatic carbocycles. The van der Waals surface area contributed by atoms with Gasteiger partial charge >= 0.3 is 19.8 Å². The fourth-order valence-electron chi connectivity index (χ4n) is 8.49. The zero-order chi connectivity index (χ0) is 47.8. The minimum Gasteiger partial charge on any atom is -0.462 e. The van der Waals surface area contributed by atoms with Gasteiger partial charge in [-0.25, -0.2) is 4.57 Å². The van der Waals surface area contributed by atoms with Crippen molar-refractivity contribution >= 4 is 19.8 Å². The van der Waals surface area contributed by atoms with Crippen molar-refractivity contribution in [1.82, 2.24) is 0 Å². The summed E-state index contributed by atoms with van der Waals surface area (Å²) < 4.78 is 34.4. The first kappa shape index (κ1) is 64.0. The lowest BCUT2D eigenvalue weighted by atomic mass is 10.0. The number of unbranched alkanes of at least 4 members (excludes halogenated alkanes) is 39. The van der Waals surface area contributed by atoms with E-state index in [1.807, 2.05) is 21.1 Å². The number of likely N-dealkylation sites (N-methyl/N-ethyl adjacent to an activating group) is 1. The van der Waals surface area contributed by atoms with Crippen LogP contribution >= 0.6 is 7.82 Å². The smallest absolute Gasteiger partial charge is 0.462 e. The molecule has 0 heterocycles. The van der Waals surface area contributed by atoms with Crippen LogP contribution in [0.5, 0.6) is 0 Å². The number of hydrogen-bond acceptors (Lipinski definition) is 7. The number of hydrogen-bond donors (Lipinski definition) is 1. The Morgan fingerprint density at radius 3 is 0.985 bits per heavy atom. The molecule has 2 unspecified atom stereocenters. The summed E-state index contributed by atoms with van der Waals surface area (Å²) in [6, 6.07) is 0. The van der Waals surface area contributed by atoms with Gasteiger partial charge in [-0.1, -0.05) is 264 Å². The van der Waals surface area contributed by atoms with E-state index in [0.29, 0.717) is 17.4 Å². The average Bonchev–Trinajstić information content (AvgIpc) is 3.26. The van der Waals surface area contributed by atoms with Crippen LogP contribution < -0.4 is 0 Å². The van der Waals surface area contributed by atoms with Crippen molar-refractivity contribution in [2.45, 2.75) is 296 Å². The van der Waals surface area contributed by atoms with E-state index in [2.05, 4.69) is 13.8 Å². The van der Waals surface area contributed by atoms with Crippen molar-refractivity contribution in [2.75, 3.05) is 47.5 Å². The fraction of sp³-hybridized carbons (Fsp3) is 0.964. The highest BCUT2D eigenvalue weighted by Crippen LogP contribution is 2.43. The molecule has 0 aromatic rings. The Labute approximate surface area is 404 Å². The summed E-state index contributed by atoms with van der Waals surface area (Å²) in [6.45, 7) is 4.46. The van der Waals surface area contributed by atoms with Crippen LogP contribution in [0.15, 0.2) is 0 Å². The molecule has 388 valence electrons. The minimum absolute atomic E-state index is 0.0369. The average molecular weight is 945 g/mol. The quantitative estimate of drug-likeness (QED) is 0.0278. The van der Waals surface area contributed by atoms with Gasteiger partial charge in [0.05, 0.1) is 27.7 Å². The highest BCUT2D eigenvalue weighted by atomic mass is 31.2. The Hall–Kier alpha value is -0.990. The number of phosphoric acid groups is 1. The third-order valence-electron chi connectivity index (χ3n) is 12.9. The molecule has 10 heteroatoms. The van der Waals surface area contributed by atoms with Crippen molar-refractivity contribution in [3.05, 3.63) is 0 Å². The number of phosphoric ester groups is 1. The van der Waals surface area contributed by atoms with Gasteiger partial charge in [0.1, 0.15) is 19.8 Å². The van der Waals surface area contributed by atoms with E-state index < -0.39 is 26.5 Å². The Morgan fingerprint density at radius 1 is 0.415 bits per heavy atom. The topological polar surface area (TPSA) is 108 Å². The molecule has 0 spiro atoms. The first-order chi connectivity index (χ1) is 31.5. The molecule has 0 amide bonds. The van der Waals surface area contributed by atoms with Crippen LogP contribution in [-0.4, -0.2) is 74.9 Å². The summed E-state index contributed by atoms with van der Waals surface area (Å²) in [5.74, 6) is -0.783. The lowest BCUT2D eigenvalue weighted by Crippen LogP contribution is -2.37. The van der Waals surface area contributed by atoms with Gasteiger partial charge in [-0.3, -0.25) is 18.6 Å². The highest BCUT2D eigenvalue weighted by Gasteiger charge is 2.27. The molecular formula is C55H111NO8P+. The van der Waals surface area contributed by atoms with Gasteiger partial charge in [0, 0.05) is 12.8 Å².